The average molecular weight is 273 g/mol. The summed E-state index contributed by atoms with van der Waals surface area (Å²) in [5.41, 5.74) is -0.0156. The fourth-order valence-electron chi connectivity index (χ4n) is 2.47. The van der Waals surface area contributed by atoms with Gasteiger partial charge in [0.2, 0.25) is 0 Å². The lowest BCUT2D eigenvalue weighted by molar-refractivity contribution is -0.141. The van der Waals surface area contributed by atoms with E-state index in [-0.39, 0.29) is 12.0 Å². The molecule has 0 bridgehead atoms. The van der Waals surface area contributed by atoms with Crippen LogP contribution in [0.1, 0.15) is 30.4 Å². The van der Waals surface area contributed by atoms with Gasteiger partial charge in [0.15, 0.2) is 0 Å². The molecule has 1 aliphatic rings. The number of anilines is 1. The number of alkyl halides is 3. The fourth-order valence-corrected chi connectivity index (χ4v) is 2.47. The Labute approximate surface area is 108 Å². The minimum absolute atomic E-state index is 0.197. The SMILES string of the molecule is CC(CC1CNc2cccc(C(F)(F)F)c21)C(=O)O. The van der Waals surface area contributed by atoms with Gasteiger partial charge < -0.3 is 10.4 Å². The number of halogens is 3. The van der Waals surface area contributed by atoms with E-state index in [0.717, 1.165) is 6.07 Å². The van der Waals surface area contributed by atoms with Crippen LogP contribution in [0.15, 0.2) is 18.2 Å². The number of nitrogens with one attached hydrogen (secondary N) is 1. The molecule has 0 saturated carbocycles. The van der Waals surface area contributed by atoms with E-state index in [9.17, 15) is 18.0 Å². The first-order chi connectivity index (χ1) is 8.80. The van der Waals surface area contributed by atoms with Gasteiger partial charge >= 0.3 is 12.1 Å². The summed E-state index contributed by atoms with van der Waals surface area (Å²) >= 11 is 0. The number of fused-ring (bicyclic) bond motifs is 1. The summed E-state index contributed by atoms with van der Waals surface area (Å²) in [6.07, 6.45) is -4.22. The summed E-state index contributed by atoms with van der Waals surface area (Å²) in [5.74, 6) is -2.07. The van der Waals surface area contributed by atoms with Crippen LogP contribution in [0.25, 0.3) is 0 Å². The number of rotatable bonds is 3. The molecule has 2 unspecified atom stereocenters. The molecule has 2 atom stereocenters. The van der Waals surface area contributed by atoms with Gasteiger partial charge in [0, 0.05) is 18.2 Å². The monoisotopic (exact) mass is 273 g/mol. The molecule has 3 nitrogen and oxygen atoms in total. The van der Waals surface area contributed by atoms with Crippen molar-refractivity contribution in [3.8, 4) is 0 Å². The lowest BCUT2D eigenvalue weighted by Crippen LogP contribution is -2.17. The summed E-state index contributed by atoms with van der Waals surface area (Å²) in [6, 6.07) is 4.00. The predicted molar refractivity (Wildman–Crippen MR) is 64.1 cm³/mol. The molecule has 2 N–H and O–H groups in total. The zero-order valence-electron chi connectivity index (χ0n) is 10.3. The molecule has 19 heavy (non-hydrogen) atoms. The second-order valence-electron chi connectivity index (χ2n) is 4.82. The maximum Gasteiger partial charge on any atom is 0.416 e. The van der Waals surface area contributed by atoms with Crippen LogP contribution in [0.2, 0.25) is 0 Å². The Balaban J connectivity index is 2.35. The molecule has 1 aliphatic heterocycles. The normalized spacial score (nSPS) is 19.7. The highest BCUT2D eigenvalue weighted by Crippen LogP contribution is 2.43. The average Bonchev–Trinajstić information content (AvgIpc) is 2.71. The molecule has 0 aromatic heterocycles. The molecule has 6 heteroatoms. The standard InChI is InChI=1S/C13H14F3NO2/c1-7(12(18)19)5-8-6-17-10-4-2-3-9(11(8)10)13(14,15)16/h2-4,7-8,17H,5-6H2,1H3,(H,18,19). The Kier molecular flexibility index (Phi) is 3.43. The highest BCUT2D eigenvalue weighted by Gasteiger charge is 2.39. The number of hydrogen-bond acceptors (Lipinski definition) is 2. The van der Waals surface area contributed by atoms with E-state index >= 15 is 0 Å². The number of aliphatic carboxylic acids is 1. The third-order valence-electron chi connectivity index (χ3n) is 3.42. The molecule has 0 radical (unpaired) electrons. The Morgan fingerprint density at radius 3 is 2.79 bits per heavy atom. The summed E-state index contributed by atoms with van der Waals surface area (Å²) in [5, 5.41) is 11.8. The summed E-state index contributed by atoms with van der Waals surface area (Å²) in [6.45, 7) is 1.86. The molecular formula is C13H14F3NO2. The molecule has 2 rings (SSSR count). The van der Waals surface area contributed by atoms with Gasteiger partial charge in [-0.2, -0.15) is 13.2 Å². The van der Waals surface area contributed by atoms with Crippen LogP contribution in [0.3, 0.4) is 0 Å². The minimum Gasteiger partial charge on any atom is -0.481 e. The van der Waals surface area contributed by atoms with Gasteiger partial charge in [-0.1, -0.05) is 13.0 Å². The van der Waals surface area contributed by atoms with Crippen molar-refractivity contribution in [1.29, 1.82) is 0 Å². The molecule has 0 aliphatic carbocycles. The lowest BCUT2D eigenvalue weighted by Gasteiger charge is -2.18. The smallest absolute Gasteiger partial charge is 0.416 e. The van der Waals surface area contributed by atoms with E-state index in [0.29, 0.717) is 12.2 Å². The van der Waals surface area contributed by atoms with Crippen molar-refractivity contribution in [2.75, 3.05) is 11.9 Å². The predicted octanol–water partition coefficient (Wildman–Crippen LogP) is 3.33. The molecule has 1 aromatic rings. The van der Waals surface area contributed by atoms with Gasteiger partial charge in [-0.25, -0.2) is 0 Å². The van der Waals surface area contributed by atoms with Gasteiger partial charge in [-0.3, -0.25) is 4.79 Å². The van der Waals surface area contributed by atoms with E-state index in [1.807, 2.05) is 0 Å². The van der Waals surface area contributed by atoms with Crippen LogP contribution in [0.4, 0.5) is 18.9 Å². The molecule has 1 heterocycles. The zero-order valence-corrected chi connectivity index (χ0v) is 10.3. The first kappa shape index (κ1) is 13.7. The van der Waals surface area contributed by atoms with E-state index in [1.165, 1.54) is 13.0 Å². The van der Waals surface area contributed by atoms with Crippen LogP contribution < -0.4 is 5.32 Å². The number of carboxylic acid groups (broad SMARTS) is 1. The first-order valence-electron chi connectivity index (χ1n) is 5.97. The lowest BCUT2D eigenvalue weighted by atomic mass is 9.88. The van der Waals surface area contributed by atoms with Crippen LogP contribution in [-0.4, -0.2) is 17.6 Å². The third-order valence-corrected chi connectivity index (χ3v) is 3.42. The fraction of sp³-hybridized carbons (Fsp3) is 0.462. The second kappa shape index (κ2) is 4.75. The summed E-state index contributed by atoms with van der Waals surface area (Å²) in [4.78, 5) is 10.8. The summed E-state index contributed by atoms with van der Waals surface area (Å²) < 4.78 is 38.9. The van der Waals surface area contributed by atoms with Crippen molar-refractivity contribution in [1.82, 2.24) is 0 Å². The first-order valence-corrected chi connectivity index (χ1v) is 5.97. The van der Waals surface area contributed by atoms with Gasteiger partial charge in [-0.05, 0) is 24.1 Å². The summed E-state index contributed by atoms with van der Waals surface area (Å²) in [7, 11) is 0. The molecule has 0 amide bonds. The minimum atomic E-state index is -4.41. The van der Waals surface area contributed by atoms with Crippen molar-refractivity contribution in [3.63, 3.8) is 0 Å². The van der Waals surface area contributed by atoms with Gasteiger partial charge in [0.1, 0.15) is 0 Å². The number of benzene rings is 1. The van der Waals surface area contributed by atoms with Gasteiger partial charge in [-0.15, -0.1) is 0 Å². The number of hydrogen-bond donors (Lipinski definition) is 2. The van der Waals surface area contributed by atoms with E-state index < -0.39 is 29.5 Å². The highest BCUT2D eigenvalue weighted by molar-refractivity contribution is 5.70. The Morgan fingerprint density at radius 2 is 2.21 bits per heavy atom. The van der Waals surface area contributed by atoms with Crippen molar-refractivity contribution < 1.29 is 23.1 Å². The second-order valence-corrected chi connectivity index (χ2v) is 4.82. The largest absolute Gasteiger partial charge is 0.481 e. The van der Waals surface area contributed by atoms with Gasteiger partial charge in [0.25, 0.3) is 0 Å². The molecule has 104 valence electrons. The maximum absolute atomic E-state index is 13.0. The van der Waals surface area contributed by atoms with Gasteiger partial charge in [0.05, 0.1) is 11.5 Å². The van der Waals surface area contributed by atoms with Crippen LogP contribution in [0.5, 0.6) is 0 Å². The Hall–Kier alpha value is -1.72. The zero-order chi connectivity index (χ0) is 14.2. The van der Waals surface area contributed by atoms with Crippen LogP contribution in [0, 0.1) is 5.92 Å². The molecule has 1 aromatic carbocycles. The number of carbonyl (C=O) groups is 1. The molecular weight excluding hydrogens is 259 g/mol. The topological polar surface area (TPSA) is 49.3 Å². The molecule has 0 spiro atoms. The number of carboxylic acids is 1. The van der Waals surface area contributed by atoms with E-state index in [2.05, 4.69) is 5.32 Å². The molecule has 0 saturated heterocycles. The van der Waals surface area contributed by atoms with Crippen molar-refractivity contribution in [2.45, 2.75) is 25.4 Å². The maximum atomic E-state index is 13.0. The van der Waals surface area contributed by atoms with E-state index in [1.54, 1.807) is 6.07 Å². The Morgan fingerprint density at radius 1 is 1.53 bits per heavy atom. The Bertz CT molecular complexity index is 499. The van der Waals surface area contributed by atoms with Crippen LogP contribution >= 0.6 is 0 Å². The quantitative estimate of drug-likeness (QED) is 0.888. The van der Waals surface area contributed by atoms with Crippen molar-refractivity contribution in [2.24, 2.45) is 5.92 Å². The van der Waals surface area contributed by atoms with Crippen molar-refractivity contribution >= 4 is 11.7 Å². The molecule has 0 fully saturated rings. The highest BCUT2D eigenvalue weighted by atomic mass is 19.4. The third kappa shape index (κ3) is 2.67. The van der Waals surface area contributed by atoms with Crippen molar-refractivity contribution in [3.05, 3.63) is 29.3 Å². The van der Waals surface area contributed by atoms with Crippen LogP contribution in [-0.2, 0) is 11.0 Å². The van der Waals surface area contributed by atoms with E-state index in [4.69, 9.17) is 5.11 Å².